The highest BCUT2D eigenvalue weighted by molar-refractivity contribution is 7.80. The Bertz CT molecular complexity index is 591. The molecule has 2 saturated carbocycles. The first-order valence-electron chi connectivity index (χ1n) is 7.62. The minimum atomic E-state index is 0.112. The van der Waals surface area contributed by atoms with Crippen LogP contribution in [0.5, 0.6) is 11.5 Å². The molecule has 2 aliphatic carbocycles. The monoisotopic (exact) mass is 319 g/mol. The number of hydrogen-bond acceptors (Lipinski definition) is 4. The zero-order valence-electron chi connectivity index (χ0n) is 12.6. The van der Waals surface area contributed by atoms with Crippen molar-refractivity contribution in [2.24, 2.45) is 16.9 Å². The van der Waals surface area contributed by atoms with Gasteiger partial charge in [0.2, 0.25) is 0 Å². The Morgan fingerprint density at radius 1 is 1.41 bits per heavy atom. The second kappa shape index (κ2) is 6.52. The maximum absolute atomic E-state index is 9.54. The maximum atomic E-state index is 9.54. The average Bonchev–Trinajstić information content (AvgIpc) is 3.11. The molecule has 0 radical (unpaired) electrons. The number of hydrazone groups is 1. The molecule has 1 aromatic carbocycles. The van der Waals surface area contributed by atoms with Gasteiger partial charge in [0.1, 0.15) is 0 Å². The number of thiocarbonyl (C=S) groups is 1. The quantitative estimate of drug-likeness (QED) is 0.452. The molecule has 5 nitrogen and oxygen atoms in total. The van der Waals surface area contributed by atoms with Crippen molar-refractivity contribution in [2.45, 2.75) is 31.7 Å². The molecule has 3 N–H and O–H groups in total. The third kappa shape index (κ3) is 3.32. The van der Waals surface area contributed by atoms with Gasteiger partial charge in [-0.3, -0.25) is 5.43 Å². The number of aromatic hydroxyl groups is 1. The van der Waals surface area contributed by atoms with Crippen molar-refractivity contribution in [3.8, 4) is 11.5 Å². The Morgan fingerprint density at radius 2 is 2.27 bits per heavy atom. The number of benzene rings is 1. The van der Waals surface area contributed by atoms with Crippen LogP contribution in [-0.4, -0.2) is 29.6 Å². The van der Waals surface area contributed by atoms with Gasteiger partial charge in [0.25, 0.3) is 0 Å². The van der Waals surface area contributed by atoms with Crippen molar-refractivity contribution in [3.63, 3.8) is 0 Å². The van der Waals surface area contributed by atoms with E-state index in [0.29, 0.717) is 16.9 Å². The number of methoxy groups -OCH3 is 1. The molecule has 2 fully saturated rings. The summed E-state index contributed by atoms with van der Waals surface area (Å²) in [6.07, 6.45) is 6.92. The van der Waals surface area contributed by atoms with Crippen molar-refractivity contribution in [1.29, 1.82) is 0 Å². The molecule has 3 atom stereocenters. The fourth-order valence-corrected chi connectivity index (χ4v) is 3.77. The molecule has 0 saturated heterocycles. The van der Waals surface area contributed by atoms with Gasteiger partial charge in [0.05, 0.1) is 13.3 Å². The summed E-state index contributed by atoms with van der Waals surface area (Å²) in [6.45, 7) is 0. The fraction of sp³-hybridized carbons (Fsp3) is 0.500. The smallest absolute Gasteiger partial charge is 0.187 e. The van der Waals surface area contributed by atoms with Crippen molar-refractivity contribution in [2.75, 3.05) is 7.11 Å². The summed E-state index contributed by atoms with van der Waals surface area (Å²) in [5, 5.41) is 17.6. The molecular weight excluding hydrogens is 298 g/mol. The molecule has 1 aromatic rings. The zero-order chi connectivity index (χ0) is 15.5. The topological polar surface area (TPSA) is 65.9 Å². The first-order valence-corrected chi connectivity index (χ1v) is 8.03. The zero-order valence-corrected chi connectivity index (χ0v) is 13.4. The van der Waals surface area contributed by atoms with Crippen LogP contribution in [0, 0.1) is 11.8 Å². The van der Waals surface area contributed by atoms with Crippen molar-refractivity contribution in [3.05, 3.63) is 23.8 Å². The van der Waals surface area contributed by atoms with E-state index < -0.39 is 0 Å². The molecule has 0 aliphatic heterocycles. The first-order chi connectivity index (χ1) is 10.7. The molecule has 118 valence electrons. The Morgan fingerprint density at radius 3 is 2.95 bits per heavy atom. The van der Waals surface area contributed by atoms with E-state index in [2.05, 4.69) is 15.8 Å². The largest absolute Gasteiger partial charge is 0.504 e. The van der Waals surface area contributed by atoms with Crippen LogP contribution in [0.15, 0.2) is 23.3 Å². The molecule has 2 aliphatic rings. The molecule has 0 spiro atoms. The summed E-state index contributed by atoms with van der Waals surface area (Å²) in [7, 11) is 1.52. The molecule has 0 unspecified atom stereocenters. The molecule has 0 heterocycles. The SMILES string of the molecule is COc1cc(/C=N/NC(=S)N[C@@H]2C[C@H]3CC[C@@H]2C3)ccc1O. The van der Waals surface area contributed by atoms with E-state index in [4.69, 9.17) is 17.0 Å². The summed E-state index contributed by atoms with van der Waals surface area (Å²) in [5.41, 5.74) is 3.68. The highest BCUT2D eigenvalue weighted by atomic mass is 32.1. The van der Waals surface area contributed by atoms with Crippen LogP contribution in [0.2, 0.25) is 0 Å². The lowest BCUT2D eigenvalue weighted by Crippen LogP contribution is -2.42. The number of fused-ring (bicyclic) bond motifs is 2. The Balaban J connectivity index is 1.50. The van der Waals surface area contributed by atoms with Gasteiger partial charge in [-0.1, -0.05) is 6.42 Å². The molecule has 2 bridgehead atoms. The molecule has 6 heteroatoms. The highest BCUT2D eigenvalue weighted by Gasteiger charge is 2.39. The minimum absolute atomic E-state index is 0.112. The van der Waals surface area contributed by atoms with Gasteiger partial charge in [0, 0.05) is 6.04 Å². The Kier molecular flexibility index (Phi) is 4.47. The summed E-state index contributed by atoms with van der Waals surface area (Å²) < 4.78 is 5.06. The summed E-state index contributed by atoms with van der Waals surface area (Å²) >= 11 is 5.29. The van der Waals surface area contributed by atoms with Gasteiger partial charge < -0.3 is 15.2 Å². The second-order valence-corrected chi connectivity index (χ2v) is 6.46. The lowest BCUT2D eigenvalue weighted by Gasteiger charge is -2.23. The Labute approximate surface area is 135 Å². The molecular formula is C16H21N3O2S. The highest BCUT2D eigenvalue weighted by Crippen LogP contribution is 2.44. The average molecular weight is 319 g/mol. The normalized spacial score (nSPS) is 26.3. The standard InChI is InChI=1S/C16H21N3O2S/c1-21-15-8-11(3-5-14(15)20)9-17-19-16(22)18-13-7-10-2-4-12(13)6-10/h3,5,8-10,12-13,20H,2,4,6-7H2,1H3,(H2,18,19,22)/b17-9+/t10-,12+,13+/m0/s1. The van der Waals surface area contributed by atoms with E-state index in [0.717, 1.165) is 17.4 Å². The van der Waals surface area contributed by atoms with Crippen LogP contribution in [0.1, 0.15) is 31.2 Å². The van der Waals surface area contributed by atoms with Gasteiger partial charge in [-0.2, -0.15) is 5.10 Å². The van der Waals surface area contributed by atoms with Crippen LogP contribution >= 0.6 is 12.2 Å². The van der Waals surface area contributed by atoms with E-state index in [1.165, 1.54) is 32.8 Å². The van der Waals surface area contributed by atoms with Gasteiger partial charge >= 0.3 is 0 Å². The predicted octanol–water partition coefficient (Wildman–Crippen LogP) is 2.39. The van der Waals surface area contributed by atoms with Crippen LogP contribution in [-0.2, 0) is 0 Å². The van der Waals surface area contributed by atoms with Crippen LogP contribution < -0.4 is 15.5 Å². The second-order valence-electron chi connectivity index (χ2n) is 6.06. The van der Waals surface area contributed by atoms with Crippen LogP contribution in [0.4, 0.5) is 0 Å². The van der Waals surface area contributed by atoms with Gasteiger partial charge in [0.15, 0.2) is 16.6 Å². The number of phenolic OH excluding ortho intramolecular Hbond substituents is 1. The van der Waals surface area contributed by atoms with Crippen molar-refractivity contribution < 1.29 is 9.84 Å². The summed E-state index contributed by atoms with van der Waals surface area (Å²) in [4.78, 5) is 0. The van der Waals surface area contributed by atoms with E-state index in [1.54, 1.807) is 24.4 Å². The Hall–Kier alpha value is -1.82. The molecule has 3 rings (SSSR count). The predicted molar refractivity (Wildman–Crippen MR) is 90.4 cm³/mol. The lowest BCUT2D eigenvalue weighted by atomic mass is 9.96. The minimum Gasteiger partial charge on any atom is -0.504 e. The number of nitrogens with one attached hydrogen (secondary N) is 2. The lowest BCUT2D eigenvalue weighted by molar-refractivity contribution is 0.373. The number of nitrogens with zero attached hydrogens (tertiary/aromatic N) is 1. The van der Waals surface area contributed by atoms with Gasteiger partial charge in [-0.05, 0) is 67.1 Å². The van der Waals surface area contributed by atoms with E-state index >= 15 is 0 Å². The number of phenols is 1. The first kappa shape index (κ1) is 15.1. The maximum Gasteiger partial charge on any atom is 0.187 e. The van der Waals surface area contributed by atoms with E-state index in [9.17, 15) is 5.11 Å². The summed E-state index contributed by atoms with van der Waals surface area (Å²) in [5.74, 6) is 2.20. The van der Waals surface area contributed by atoms with Crippen molar-refractivity contribution in [1.82, 2.24) is 10.7 Å². The molecule has 22 heavy (non-hydrogen) atoms. The third-order valence-corrected chi connectivity index (χ3v) is 4.85. The number of ether oxygens (including phenoxy) is 1. The van der Waals surface area contributed by atoms with Gasteiger partial charge in [-0.15, -0.1) is 0 Å². The number of rotatable bonds is 4. The van der Waals surface area contributed by atoms with E-state index in [-0.39, 0.29) is 5.75 Å². The van der Waals surface area contributed by atoms with Crippen LogP contribution in [0.3, 0.4) is 0 Å². The third-order valence-electron chi connectivity index (χ3n) is 4.64. The van der Waals surface area contributed by atoms with Crippen LogP contribution in [0.25, 0.3) is 0 Å². The summed E-state index contributed by atoms with van der Waals surface area (Å²) in [6, 6.07) is 5.55. The van der Waals surface area contributed by atoms with Crippen molar-refractivity contribution >= 4 is 23.5 Å². The van der Waals surface area contributed by atoms with E-state index in [1.807, 2.05) is 0 Å². The molecule has 0 amide bonds. The number of hydrogen-bond donors (Lipinski definition) is 3. The molecule has 0 aromatic heterocycles. The van der Waals surface area contributed by atoms with Gasteiger partial charge in [-0.25, -0.2) is 0 Å². The fourth-order valence-electron chi connectivity index (χ4n) is 3.56.